The molecule has 2 aromatic carbocycles. The fourth-order valence-electron chi connectivity index (χ4n) is 4.69. The molecule has 0 radical (unpaired) electrons. The van der Waals surface area contributed by atoms with Crippen LogP contribution in [0.25, 0.3) is 0 Å². The number of aromatic nitrogens is 1. The second-order valence-electron chi connectivity index (χ2n) is 10.2. The van der Waals surface area contributed by atoms with Gasteiger partial charge in [0.15, 0.2) is 0 Å². The summed E-state index contributed by atoms with van der Waals surface area (Å²) in [4.78, 5) is 34.8. The van der Waals surface area contributed by atoms with Gasteiger partial charge in [0, 0.05) is 69.9 Å². The maximum absolute atomic E-state index is 12.7. The Morgan fingerprint density at radius 2 is 1.40 bits per heavy atom. The lowest BCUT2D eigenvalue weighted by molar-refractivity contribution is -0.137. The summed E-state index contributed by atoms with van der Waals surface area (Å²) in [6.45, 7) is 4.10. The van der Waals surface area contributed by atoms with E-state index in [1.54, 1.807) is 17.0 Å². The maximum atomic E-state index is 12.7. The molecule has 0 N–H and O–H groups in total. The minimum Gasteiger partial charge on any atom is -0.490 e. The highest BCUT2D eigenvalue weighted by atomic mass is 19.4. The SMILES string of the molecule is CN1CCN(C(=O)c2ccc(OC3CCN(C(=O)Oc4ccc(Oc5ccc(C(F)(F)F)cn5)cc4)CC3)cc2)CC1. The number of benzene rings is 2. The monoisotopic (exact) mass is 584 g/mol. The van der Waals surface area contributed by atoms with Gasteiger partial charge in [0.05, 0.1) is 5.56 Å². The van der Waals surface area contributed by atoms with Crippen LogP contribution in [-0.4, -0.2) is 84.1 Å². The quantitative estimate of drug-likeness (QED) is 0.388. The van der Waals surface area contributed by atoms with Gasteiger partial charge in [-0.2, -0.15) is 13.2 Å². The number of hydrogen-bond acceptors (Lipinski definition) is 7. The van der Waals surface area contributed by atoms with Gasteiger partial charge in [-0.25, -0.2) is 9.78 Å². The van der Waals surface area contributed by atoms with E-state index in [1.165, 1.54) is 24.3 Å². The summed E-state index contributed by atoms with van der Waals surface area (Å²) < 4.78 is 55.1. The smallest absolute Gasteiger partial charge is 0.417 e. The third-order valence-corrected chi connectivity index (χ3v) is 7.21. The van der Waals surface area contributed by atoms with Crippen LogP contribution in [0.5, 0.6) is 23.1 Å². The van der Waals surface area contributed by atoms with E-state index in [0.717, 1.165) is 38.3 Å². The lowest BCUT2D eigenvalue weighted by Gasteiger charge is -2.32. The molecule has 2 aliphatic heterocycles. The van der Waals surface area contributed by atoms with Crippen LogP contribution in [0.1, 0.15) is 28.8 Å². The Morgan fingerprint density at radius 1 is 0.786 bits per heavy atom. The van der Waals surface area contributed by atoms with Crippen LogP contribution in [0, 0.1) is 0 Å². The Balaban J connectivity index is 1.05. The number of piperidine rings is 1. The predicted molar refractivity (Wildman–Crippen MR) is 147 cm³/mol. The molecule has 3 heterocycles. The zero-order valence-corrected chi connectivity index (χ0v) is 23.0. The molecule has 0 aliphatic carbocycles. The van der Waals surface area contributed by atoms with E-state index in [2.05, 4.69) is 9.88 Å². The molecule has 0 unspecified atom stereocenters. The summed E-state index contributed by atoms with van der Waals surface area (Å²) in [5, 5.41) is 0. The van der Waals surface area contributed by atoms with E-state index in [0.29, 0.717) is 54.9 Å². The van der Waals surface area contributed by atoms with Crippen LogP contribution in [0.4, 0.5) is 18.0 Å². The molecule has 1 aromatic heterocycles. The topological polar surface area (TPSA) is 84.4 Å². The summed E-state index contributed by atoms with van der Waals surface area (Å²) >= 11 is 0. The van der Waals surface area contributed by atoms with E-state index in [1.807, 2.05) is 24.1 Å². The van der Waals surface area contributed by atoms with E-state index in [-0.39, 0.29) is 17.9 Å². The van der Waals surface area contributed by atoms with Crippen LogP contribution >= 0.6 is 0 Å². The van der Waals surface area contributed by atoms with E-state index in [4.69, 9.17) is 14.2 Å². The highest BCUT2D eigenvalue weighted by Crippen LogP contribution is 2.30. The van der Waals surface area contributed by atoms with Gasteiger partial charge < -0.3 is 28.9 Å². The second-order valence-corrected chi connectivity index (χ2v) is 10.2. The van der Waals surface area contributed by atoms with E-state index in [9.17, 15) is 22.8 Å². The molecular weight excluding hydrogens is 553 g/mol. The first-order valence-electron chi connectivity index (χ1n) is 13.7. The van der Waals surface area contributed by atoms with Crippen molar-refractivity contribution in [3.05, 3.63) is 78.0 Å². The van der Waals surface area contributed by atoms with Crippen molar-refractivity contribution in [2.45, 2.75) is 25.1 Å². The van der Waals surface area contributed by atoms with Gasteiger partial charge in [-0.1, -0.05) is 0 Å². The van der Waals surface area contributed by atoms with Crippen molar-refractivity contribution in [1.29, 1.82) is 0 Å². The van der Waals surface area contributed by atoms with Gasteiger partial charge in [0.2, 0.25) is 5.88 Å². The van der Waals surface area contributed by atoms with Gasteiger partial charge in [0.25, 0.3) is 5.91 Å². The summed E-state index contributed by atoms with van der Waals surface area (Å²) in [5.41, 5.74) is -0.225. The largest absolute Gasteiger partial charge is 0.490 e. The predicted octanol–water partition coefficient (Wildman–Crippen LogP) is 5.32. The van der Waals surface area contributed by atoms with Crippen molar-refractivity contribution in [2.24, 2.45) is 0 Å². The van der Waals surface area contributed by atoms with Gasteiger partial charge >= 0.3 is 12.3 Å². The zero-order chi connectivity index (χ0) is 29.7. The van der Waals surface area contributed by atoms with Crippen LogP contribution in [0.3, 0.4) is 0 Å². The number of likely N-dealkylation sites (N-methyl/N-ethyl adjacent to an activating group) is 1. The maximum Gasteiger partial charge on any atom is 0.417 e. The zero-order valence-electron chi connectivity index (χ0n) is 23.0. The molecular formula is C30H31F3N4O5. The molecule has 5 rings (SSSR count). The van der Waals surface area contributed by atoms with Crippen molar-refractivity contribution in [3.8, 4) is 23.1 Å². The first-order valence-corrected chi connectivity index (χ1v) is 13.7. The highest BCUT2D eigenvalue weighted by molar-refractivity contribution is 5.94. The molecule has 2 amide bonds. The fraction of sp³-hybridized carbons (Fsp3) is 0.367. The van der Waals surface area contributed by atoms with Gasteiger partial charge in [-0.3, -0.25) is 4.79 Å². The normalized spacial score (nSPS) is 16.7. The molecule has 2 aliphatic rings. The lowest BCUT2D eigenvalue weighted by Crippen LogP contribution is -2.47. The summed E-state index contributed by atoms with van der Waals surface area (Å²) in [7, 11) is 2.05. The first kappa shape index (κ1) is 29.2. The van der Waals surface area contributed by atoms with E-state index < -0.39 is 17.8 Å². The lowest BCUT2D eigenvalue weighted by atomic mass is 10.1. The van der Waals surface area contributed by atoms with Gasteiger partial charge in [0.1, 0.15) is 23.4 Å². The second kappa shape index (κ2) is 12.7. The average Bonchev–Trinajstić information content (AvgIpc) is 2.99. The fourth-order valence-corrected chi connectivity index (χ4v) is 4.69. The molecule has 222 valence electrons. The van der Waals surface area contributed by atoms with Crippen molar-refractivity contribution in [1.82, 2.24) is 19.7 Å². The summed E-state index contributed by atoms with van der Waals surface area (Å²) in [5.74, 6) is 1.35. The van der Waals surface area contributed by atoms with Gasteiger partial charge in [-0.05, 0) is 61.6 Å². The van der Waals surface area contributed by atoms with Crippen molar-refractivity contribution < 1.29 is 37.0 Å². The average molecular weight is 585 g/mol. The molecule has 2 fully saturated rings. The number of nitrogens with zero attached hydrogens (tertiary/aromatic N) is 4. The number of carbonyl (C=O) groups excluding carboxylic acids is 2. The minimum absolute atomic E-state index is 0.00734. The number of amides is 2. The van der Waals surface area contributed by atoms with Crippen LogP contribution in [0.15, 0.2) is 66.9 Å². The Labute approximate surface area is 241 Å². The standard InChI is InChI=1S/C30H31F3N4O5/c1-35-16-18-36(19-17-35)28(38)21-2-5-23(6-3-21)40-26-12-14-37(15-13-26)29(39)42-25-9-7-24(8-10-25)41-27-11-4-22(20-34-27)30(31,32)33/h2-11,20,26H,12-19H2,1H3. The van der Waals surface area contributed by atoms with Crippen LogP contribution in [0.2, 0.25) is 0 Å². The molecule has 2 saturated heterocycles. The summed E-state index contributed by atoms with van der Waals surface area (Å²) in [6, 6.07) is 15.4. The summed E-state index contributed by atoms with van der Waals surface area (Å²) in [6.07, 6.45) is -3.07. The number of hydrogen-bond donors (Lipinski definition) is 0. The Bertz CT molecular complexity index is 1350. The molecule has 3 aromatic rings. The molecule has 0 atom stereocenters. The number of rotatable bonds is 6. The van der Waals surface area contributed by atoms with Crippen LogP contribution < -0.4 is 14.2 Å². The molecule has 0 saturated carbocycles. The number of likely N-dealkylation sites (tertiary alicyclic amines) is 1. The molecule has 9 nitrogen and oxygen atoms in total. The molecule has 12 heteroatoms. The van der Waals surface area contributed by atoms with Crippen molar-refractivity contribution in [2.75, 3.05) is 46.3 Å². The number of piperazine rings is 1. The van der Waals surface area contributed by atoms with Crippen molar-refractivity contribution >= 4 is 12.0 Å². The Hall–Kier alpha value is -4.32. The minimum atomic E-state index is -4.47. The molecule has 42 heavy (non-hydrogen) atoms. The third-order valence-electron chi connectivity index (χ3n) is 7.21. The molecule has 0 spiro atoms. The highest BCUT2D eigenvalue weighted by Gasteiger charge is 2.31. The van der Waals surface area contributed by atoms with Gasteiger partial charge in [-0.15, -0.1) is 0 Å². The number of carbonyl (C=O) groups is 2. The number of alkyl halides is 3. The van der Waals surface area contributed by atoms with Crippen LogP contribution in [-0.2, 0) is 6.18 Å². The molecule has 0 bridgehead atoms. The first-order chi connectivity index (χ1) is 20.1. The number of ether oxygens (including phenoxy) is 3. The number of pyridine rings is 1. The Kier molecular flexibility index (Phi) is 8.81. The Morgan fingerprint density at radius 3 is 2.00 bits per heavy atom. The van der Waals surface area contributed by atoms with E-state index >= 15 is 0 Å². The third kappa shape index (κ3) is 7.49. The van der Waals surface area contributed by atoms with Crippen molar-refractivity contribution in [3.63, 3.8) is 0 Å². The number of halogens is 3.